The van der Waals surface area contributed by atoms with Gasteiger partial charge in [-0.1, -0.05) is 18.2 Å². The first-order valence-electron chi connectivity index (χ1n) is 8.71. The van der Waals surface area contributed by atoms with Gasteiger partial charge < -0.3 is 0 Å². The standard InChI is InChI=1S/C21H17N3O3S2/c25-29(26,18-7-2-1-3-8-18)27-28(19-9-4-12-22-15-19,20-10-5-13-23-16-20)21-11-6-14-24-17-21/h1-17H/p+1. The number of nitrogens with zero attached hydrogens (tertiary/aromatic N) is 3. The maximum absolute atomic E-state index is 13.4. The molecule has 0 unspecified atom stereocenters. The minimum atomic E-state index is -3.98. The molecular formula is C21H18N3O3S2+. The molecule has 0 fully saturated rings. The Hall–Kier alpha value is -3.07. The first-order valence-corrected chi connectivity index (χ1v) is 11.7. The van der Waals surface area contributed by atoms with Gasteiger partial charge in [-0.25, -0.2) is 0 Å². The molecular weight excluding hydrogens is 406 g/mol. The Morgan fingerprint density at radius 3 is 1.34 bits per heavy atom. The van der Waals surface area contributed by atoms with Crippen LogP contribution < -0.4 is 0 Å². The molecule has 0 aliphatic rings. The average molecular weight is 425 g/mol. The van der Waals surface area contributed by atoms with Crippen molar-refractivity contribution in [2.75, 3.05) is 0 Å². The van der Waals surface area contributed by atoms with E-state index in [4.69, 9.17) is 0 Å². The summed E-state index contributed by atoms with van der Waals surface area (Å²) in [5.41, 5.74) is 0. The van der Waals surface area contributed by atoms with E-state index < -0.39 is 20.4 Å². The molecule has 1 aromatic carbocycles. The highest BCUT2D eigenvalue weighted by Gasteiger charge is 2.44. The third-order valence-corrected chi connectivity index (χ3v) is 9.50. The monoisotopic (exact) mass is 424 g/mol. The highest BCUT2D eigenvalue weighted by Crippen LogP contribution is 2.68. The summed E-state index contributed by atoms with van der Waals surface area (Å²) in [4.78, 5) is 14.9. The molecule has 8 heteroatoms. The normalized spacial score (nSPS) is 12.4. The number of aromatic nitrogens is 3. The lowest BCUT2D eigenvalue weighted by molar-refractivity contribution is 0.386. The zero-order chi connectivity index (χ0) is 20.2. The molecule has 3 aromatic heterocycles. The quantitative estimate of drug-likeness (QED) is 0.335. The second kappa shape index (κ2) is 8.12. The lowest BCUT2D eigenvalue weighted by Crippen LogP contribution is -2.19. The molecule has 0 bridgehead atoms. The maximum atomic E-state index is 13.4. The highest BCUT2D eigenvalue weighted by molar-refractivity contribution is 8.32. The fourth-order valence-electron chi connectivity index (χ4n) is 2.89. The molecule has 0 aliphatic heterocycles. The molecule has 1 N–H and O–H groups in total. The Labute approximate surface area is 170 Å². The molecule has 0 aliphatic carbocycles. The van der Waals surface area contributed by atoms with Gasteiger partial charge in [-0.15, -0.1) is 8.42 Å². The molecule has 0 spiro atoms. The first kappa shape index (κ1) is 19.3. The van der Waals surface area contributed by atoms with Gasteiger partial charge in [0.2, 0.25) is 0 Å². The summed E-state index contributed by atoms with van der Waals surface area (Å²) < 4.78 is 31.3. The fourth-order valence-corrected chi connectivity index (χ4v) is 8.22. The van der Waals surface area contributed by atoms with Gasteiger partial charge in [-0.3, -0.25) is 18.6 Å². The summed E-state index contributed by atoms with van der Waals surface area (Å²) in [5, 5.41) is 0. The molecule has 0 saturated carbocycles. The fraction of sp³-hybridized carbons (Fsp3) is 0. The van der Waals surface area contributed by atoms with Crippen molar-refractivity contribution in [1.29, 1.82) is 0 Å². The summed E-state index contributed by atoms with van der Waals surface area (Å²) in [5.74, 6) is 0. The van der Waals surface area contributed by atoms with Crippen LogP contribution in [0.4, 0.5) is 0 Å². The van der Waals surface area contributed by atoms with E-state index in [1.54, 1.807) is 85.7 Å². The van der Waals surface area contributed by atoms with E-state index in [2.05, 4.69) is 18.6 Å². The van der Waals surface area contributed by atoms with Crippen LogP contribution in [0.15, 0.2) is 123 Å². The zero-order valence-electron chi connectivity index (χ0n) is 15.2. The van der Waals surface area contributed by atoms with Crippen molar-refractivity contribution in [2.24, 2.45) is 0 Å². The maximum Gasteiger partial charge on any atom is 0.422 e. The molecule has 4 aromatic rings. The number of pyridine rings is 3. The summed E-state index contributed by atoms with van der Waals surface area (Å²) in [6.07, 6.45) is 9.89. The van der Waals surface area contributed by atoms with Gasteiger partial charge in [0.15, 0.2) is 0 Å². The Balaban J connectivity index is 2.01. The van der Waals surface area contributed by atoms with Gasteiger partial charge in [0, 0.05) is 37.2 Å². The third-order valence-electron chi connectivity index (χ3n) is 4.18. The van der Waals surface area contributed by atoms with Crippen LogP contribution in [0.5, 0.6) is 0 Å². The van der Waals surface area contributed by atoms with Gasteiger partial charge in [0.05, 0.1) is 25.0 Å². The highest BCUT2D eigenvalue weighted by atomic mass is 32.3. The van der Waals surface area contributed by atoms with Gasteiger partial charge in [0.1, 0.15) is 4.90 Å². The van der Waals surface area contributed by atoms with Crippen LogP contribution in [-0.4, -0.2) is 27.0 Å². The molecule has 0 atom stereocenters. The van der Waals surface area contributed by atoms with Crippen LogP contribution in [0.25, 0.3) is 0 Å². The molecule has 0 radical (unpaired) electrons. The molecule has 29 heavy (non-hydrogen) atoms. The number of hydrogen-bond acceptors (Lipinski definition) is 5. The second-order valence-corrected chi connectivity index (χ2v) is 10.6. The van der Waals surface area contributed by atoms with Gasteiger partial charge in [0.25, 0.3) is 0 Å². The van der Waals surface area contributed by atoms with E-state index in [-0.39, 0.29) is 4.90 Å². The predicted octanol–water partition coefficient (Wildman–Crippen LogP) is 4.55. The van der Waals surface area contributed by atoms with Crippen LogP contribution in [0.2, 0.25) is 0 Å². The van der Waals surface area contributed by atoms with E-state index in [1.807, 2.05) is 18.2 Å². The van der Waals surface area contributed by atoms with Crippen molar-refractivity contribution in [3.8, 4) is 0 Å². The topological polar surface area (TPSA) is 85.6 Å². The summed E-state index contributed by atoms with van der Waals surface area (Å²) in [6.45, 7) is 0. The van der Waals surface area contributed by atoms with Crippen molar-refractivity contribution in [1.82, 2.24) is 15.0 Å². The Morgan fingerprint density at radius 1 is 0.552 bits per heavy atom. The Morgan fingerprint density at radius 2 is 0.966 bits per heavy atom. The Kier molecular flexibility index (Phi) is 5.39. The van der Waals surface area contributed by atoms with Gasteiger partial charge in [-0.2, -0.15) is 0 Å². The van der Waals surface area contributed by atoms with E-state index in [0.717, 1.165) is 0 Å². The van der Waals surface area contributed by atoms with Gasteiger partial charge in [-0.05, 0) is 48.5 Å². The number of hydrogen-bond donors (Lipinski definition) is 0. The summed E-state index contributed by atoms with van der Waals surface area (Å²) >= 11 is 0. The van der Waals surface area contributed by atoms with Gasteiger partial charge >= 0.3 is 10.1 Å². The SMILES string of the molecule is O=S(=O)([OH+]S(c1cccnc1)(c1cccnc1)c1cccnc1)c1ccccc1. The van der Waals surface area contributed by atoms with Crippen molar-refractivity contribution in [3.63, 3.8) is 0 Å². The summed E-state index contributed by atoms with van der Waals surface area (Å²) in [6, 6.07) is 19.0. The molecule has 6 nitrogen and oxygen atoms in total. The predicted molar refractivity (Wildman–Crippen MR) is 111 cm³/mol. The lowest BCUT2D eigenvalue weighted by Gasteiger charge is -2.33. The third kappa shape index (κ3) is 3.77. The number of rotatable bonds is 6. The van der Waals surface area contributed by atoms with E-state index in [9.17, 15) is 8.42 Å². The van der Waals surface area contributed by atoms with E-state index in [1.165, 1.54) is 0 Å². The Bertz CT molecular complexity index is 1080. The van der Waals surface area contributed by atoms with Crippen molar-refractivity contribution >= 4 is 20.4 Å². The van der Waals surface area contributed by atoms with Crippen LogP contribution >= 0.6 is 10.3 Å². The second-order valence-electron chi connectivity index (χ2n) is 6.01. The molecule has 146 valence electrons. The van der Waals surface area contributed by atoms with Crippen LogP contribution in [0, 0.1) is 0 Å². The van der Waals surface area contributed by atoms with Crippen molar-refractivity contribution in [3.05, 3.63) is 104 Å². The van der Waals surface area contributed by atoms with Crippen LogP contribution in [0.1, 0.15) is 0 Å². The minimum absolute atomic E-state index is 0.133. The van der Waals surface area contributed by atoms with Crippen molar-refractivity contribution in [2.45, 2.75) is 19.6 Å². The molecule has 0 amide bonds. The smallest absolute Gasteiger partial charge is 0.263 e. The van der Waals surface area contributed by atoms with Crippen molar-refractivity contribution < 1.29 is 12.0 Å². The largest absolute Gasteiger partial charge is 0.422 e. The van der Waals surface area contributed by atoms with E-state index >= 15 is 0 Å². The zero-order valence-corrected chi connectivity index (χ0v) is 16.9. The number of benzene rings is 1. The molecule has 4 rings (SSSR count). The molecule has 3 heterocycles. The minimum Gasteiger partial charge on any atom is -0.263 e. The first-order chi connectivity index (χ1) is 14.1. The van der Waals surface area contributed by atoms with E-state index in [0.29, 0.717) is 14.7 Å². The summed E-state index contributed by atoms with van der Waals surface area (Å²) in [7, 11) is -6.57. The average Bonchev–Trinajstić information content (AvgIpc) is 2.80. The van der Waals surface area contributed by atoms with Crippen LogP contribution in [0.3, 0.4) is 0 Å². The van der Waals surface area contributed by atoms with Crippen LogP contribution in [-0.2, 0) is 10.1 Å². The molecule has 0 saturated heterocycles. The lowest BCUT2D eigenvalue weighted by atomic mass is 10.4.